The first-order valence-electron chi connectivity index (χ1n) is 6.39. The van der Waals surface area contributed by atoms with Gasteiger partial charge in [0.1, 0.15) is 5.75 Å². The van der Waals surface area contributed by atoms with E-state index < -0.39 is 5.97 Å². The number of rotatable bonds is 6. The summed E-state index contributed by atoms with van der Waals surface area (Å²) < 4.78 is 5.59. The Morgan fingerprint density at radius 1 is 1.32 bits per heavy atom. The minimum atomic E-state index is -0.840. The van der Waals surface area contributed by atoms with Gasteiger partial charge in [-0.15, -0.1) is 5.92 Å². The Labute approximate surface area is 114 Å². The van der Waals surface area contributed by atoms with Gasteiger partial charge in [-0.3, -0.25) is 4.79 Å². The summed E-state index contributed by atoms with van der Waals surface area (Å²) in [5, 5.41) is 8.88. The Hall–Kier alpha value is -1.95. The number of benzene rings is 1. The fourth-order valence-corrected chi connectivity index (χ4v) is 1.66. The molecule has 3 nitrogen and oxygen atoms in total. The normalized spacial score (nSPS) is 11.6. The summed E-state index contributed by atoms with van der Waals surface area (Å²) in [6, 6.07) is 7.50. The maximum Gasteiger partial charge on any atom is 0.304 e. The Morgan fingerprint density at radius 3 is 2.42 bits per heavy atom. The van der Waals surface area contributed by atoms with Gasteiger partial charge < -0.3 is 9.84 Å². The third kappa shape index (κ3) is 5.48. The highest BCUT2D eigenvalue weighted by Gasteiger charge is 2.13. The minimum Gasteiger partial charge on any atom is -0.493 e. The molecule has 0 spiro atoms. The van der Waals surface area contributed by atoms with Gasteiger partial charge in [-0.2, -0.15) is 0 Å². The Bertz CT molecular complexity index is 463. The van der Waals surface area contributed by atoms with Crippen molar-refractivity contribution in [2.75, 3.05) is 6.61 Å². The molecule has 3 heteroatoms. The van der Waals surface area contributed by atoms with Gasteiger partial charge in [0.25, 0.3) is 0 Å². The second-order valence-corrected chi connectivity index (χ2v) is 4.82. The summed E-state index contributed by atoms with van der Waals surface area (Å²) in [5.41, 5.74) is 0.911. The first-order chi connectivity index (χ1) is 9.02. The number of carboxylic acid groups (broad SMARTS) is 1. The van der Waals surface area contributed by atoms with Crippen LogP contribution in [0.3, 0.4) is 0 Å². The van der Waals surface area contributed by atoms with Gasteiger partial charge in [0.05, 0.1) is 18.9 Å². The first-order valence-corrected chi connectivity index (χ1v) is 6.39. The van der Waals surface area contributed by atoms with E-state index in [0.717, 1.165) is 11.3 Å². The van der Waals surface area contributed by atoms with Crippen LogP contribution in [0.1, 0.15) is 38.7 Å². The first kappa shape index (κ1) is 15.1. The summed E-state index contributed by atoms with van der Waals surface area (Å²) in [6.07, 6.45) is 0.0209. The lowest BCUT2D eigenvalue weighted by molar-refractivity contribution is -0.137. The lowest BCUT2D eigenvalue weighted by Crippen LogP contribution is -2.06. The average molecular weight is 260 g/mol. The van der Waals surface area contributed by atoms with Crippen molar-refractivity contribution in [3.05, 3.63) is 29.8 Å². The van der Waals surface area contributed by atoms with E-state index >= 15 is 0 Å². The van der Waals surface area contributed by atoms with Crippen LogP contribution >= 0.6 is 0 Å². The SMILES string of the molecule is CC#C[C@H](CC(=O)O)c1ccc(OCC(C)C)cc1. The summed E-state index contributed by atoms with van der Waals surface area (Å²) in [6.45, 7) is 6.57. The molecule has 1 aromatic carbocycles. The van der Waals surface area contributed by atoms with Crippen molar-refractivity contribution in [3.8, 4) is 17.6 Å². The van der Waals surface area contributed by atoms with Crippen LogP contribution < -0.4 is 4.74 Å². The van der Waals surface area contributed by atoms with Crippen molar-refractivity contribution >= 4 is 5.97 Å². The Kier molecular flexibility index (Phi) is 5.95. The maximum absolute atomic E-state index is 10.8. The molecule has 0 aliphatic carbocycles. The van der Waals surface area contributed by atoms with E-state index in [1.807, 2.05) is 24.3 Å². The number of ether oxygens (including phenoxy) is 1. The number of carbonyl (C=O) groups is 1. The highest BCUT2D eigenvalue weighted by Crippen LogP contribution is 2.22. The molecule has 1 atom stereocenters. The summed E-state index contributed by atoms with van der Waals surface area (Å²) >= 11 is 0. The van der Waals surface area contributed by atoms with Crippen LogP contribution in [-0.4, -0.2) is 17.7 Å². The Morgan fingerprint density at radius 2 is 1.95 bits per heavy atom. The summed E-state index contributed by atoms with van der Waals surface area (Å²) in [5.74, 6) is 5.89. The minimum absolute atomic E-state index is 0.0209. The number of aliphatic carboxylic acids is 1. The maximum atomic E-state index is 10.8. The van der Waals surface area contributed by atoms with Gasteiger partial charge >= 0.3 is 5.97 Å². The molecule has 0 aliphatic heterocycles. The highest BCUT2D eigenvalue weighted by atomic mass is 16.5. The monoisotopic (exact) mass is 260 g/mol. The molecular formula is C16H20O3. The lowest BCUT2D eigenvalue weighted by Gasteiger charge is -2.11. The van der Waals surface area contributed by atoms with Gasteiger partial charge in [0, 0.05) is 0 Å². The van der Waals surface area contributed by atoms with Gasteiger partial charge in [0.15, 0.2) is 0 Å². The van der Waals surface area contributed by atoms with Crippen LogP contribution in [-0.2, 0) is 4.79 Å². The van der Waals surface area contributed by atoms with Crippen molar-refractivity contribution in [3.63, 3.8) is 0 Å². The standard InChI is InChI=1S/C16H20O3/c1-4-5-14(10-16(17)18)13-6-8-15(9-7-13)19-11-12(2)3/h6-9,12,14H,10-11H2,1-3H3,(H,17,18)/t14-/m1/s1. The molecule has 0 radical (unpaired) electrons. The molecule has 1 rings (SSSR count). The quantitative estimate of drug-likeness (QED) is 0.798. The van der Waals surface area contributed by atoms with Crippen molar-refractivity contribution in [2.24, 2.45) is 5.92 Å². The van der Waals surface area contributed by atoms with E-state index in [9.17, 15) is 4.79 Å². The number of hydrogen-bond acceptors (Lipinski definition) is 2. The fraction of sp³-hybridized carbons (Fsp3) is 0.438. The van der Waals surface area contributed by atoms with Crippen LogP contribution in [0.25, 0.3) is 0 Å². The van der Waals surface area contributed by atoms with E-state index in [0.29, 0.717) is 12.5 Å². The van der Waals surface area contributed by atoms with E-state index in [2.05, 4.69) is 25.7 Å². The molecule has 0 saturated heterocycles. The smallest absolute Gasteiger partial charge is 0.304 e. The van der Waals surface area contributed by atoms with E-state index in [4.69, 9.17) is 9.84 Å². The van der Waals surface area contributed by atoms with Crippen LogP contribution in [0, 0.1) is 17.8 Å². The van der Waals surface area contributed by atoms with Crippen molar-refractivity contribution in [1.82, 2.24) is 0 Å². The lowest BCUT2D eigenvalue weighted by atomic mass is 9.96. The molecule has 0 fully saturated rings. The average Bonchev–Trinajstić information content (AvgIpc) is 2.36. The number of carboxylic acids is 1. The predicted octanol–water partition coefficient (Wildman–Crippen LogP) is 3.30. The zero-order valence-electron chi connectivity index (χ0n) is 11.6. The zero-order chi connectivity index (χ0) is 14.3. The molecule has 0 unspecified atom stereocenters. The fourth-order valence-electron chi connectivity index (χ4n) is 1.66. The van der Waals surface area contributed by atoms with Gasteiger partial charge in [-0.25, -0.2) is 0 Å². The second-order valence-electron chi connectivity index (χ2n) is 4.82. The second kappa shape index (κ2) is 7.48. The summed E-state index contributed by atoms with van der Waals surface area (Å²) in [4.78, 5) is 10.8. The molecule has 0 bridgehead atoms. The highest BCUT2D eigenvalue weighted by molar-refractivity contribution is 5.69. The van der Waals surface area contributed by atoms with Gasteiger partial charge in [0.2, 0.25) is 0 Å². The van der Waals surface area contributed by atoms with E-state index in [-0.39, 0.29) is 12.3 Å². The van der Waals surface area contributed by atoms with Gasteiger partial charge in [-0.05, 0) is 30.5 Å². The Balaban J connectivity index is 2.76. The molecule has 1 N–H and O–H groups in total. The molecule has 0 heterocycles. The van der Waals surface area contributed by atoms with Crippen LogP contribution in [0.2, 0.25) is 0 Å². The molecule has 0 aliphatic rings. The van der Waals surface area contributed by atoms with Crippen LogP contribution in [0.4, 0.5) is 0 Å². The third-order valence-electron chi connectivity index (χ3n) is 2.56. The van der Waals surface area contributed by atoms with Gasteiger partial charge in [-0.1, -0.05) is 31.9 Å². The van der Waals surface area contributed by atoms with E-state index in [1.165, 1.54) is 0 Å². The zero-order valence-corrected chi connectivity index (χ0v) is 11.6. The van der Waals surface area contributed by atoms with E-state index in [1.54, 1.807) is 6.92 Å². The van der Waals surface area contributed by atoms with Crippen LogP contribution in [0.15, 0.2) is 24.3 Å². The number of hydrogen-bond donors (Lipinski definition) is 1. The summed E-state index contributed by atoms with van der Waals surface area (Å²) in [7, 11) is 0. The predicted molar refractivity (Wildman–Crippen MR) is 75.2 cm³/mol. The van der Waals surface area contributed by atoms with Crippen molar-refractivity contribution in [2.45, 2.75) is 33.1 Å². The molecule has 1 aromatic rings. The van der Waals surface area contributed by atoms with Crippen LogP contribution in [0.5, 0.6) is 5.75 Å². The van der Waals surface area contributed by atoms with Crippen molar-refractivity contribution in [1.29, 1.82) is 0 Å². The largest absolute Gasteiger partial charge is 0.493 e. The molecule has 0 amide bonds. The molecule has 0 saturated carbocycles. The topological polar surface area (TPSA) is 46.5 Å². The molecular weight excluding hydrogens is 240 g/mol. The molecule has 19 heavy (non-hydrogen) atoms. The molecule has 102 valence electrons. The van der Waals surface area contributed by atoms with Crippen molar-refractivity contribution < 1.29 is 14.6 Å². The third-order valence-corrected chi connectivity index (χ3v) is 2.56. The molecule has 0 aromatic heterocycles.